The smallest absolute Gasteiger partial charge is 0.0638 e. The zero-order chi connectivity index (χ0) is 28.4. The van der Waals surface area contributed by atoms with Gasteiger partial charge in [0.15, 0.2) is 0 Å². The molecule has 5 heteroatoms. The van der Waals surface area contributed by atoms with Gasteiger partial charge in [-0.1, -0.05) is 124 Å². The van der Waals surface area contributed by atoms with E-state index in [-0.39, 0.29) is 5.54 Å². The van der Waals surface area contributed by atoms with Crippen molar-refractivity contribution in [2.24, 2.45) is 5.41 Å². The van der Waals surface area contributed by atoms with Crippen LogP contribution in [0.5, 0.6) is 0 Å². The molecule has 1 aliphatic heterocycles. The van der Waals surface area contributed by atoms with Crippen molar-refractivity contribution in [3.63, 3.8) is 0 Å². The van der Waals surface area contributed by atoms with Gasteiger partial charge in [-0.2, -0.15) is 0 Å². The highest BCUT2D eigenvalue weighted by atomic mass is 29.9. The van der Waals surface area contributed by atoms with E-state index < -0.39 is 29.4 Å². The van der Waals surface area contributed by atoms with Crippen molar-refractivity contribution in [2.75, 3.05) is 4.90 Å². The summed E-state index contributed by atoms with van der Waals surface area (Å²) in [6.45, 7) is 38.9. The predicted molar refractivity (Wildman–Crippen MR) is 181 cm³/mol. The van der Waals surface area contributed by atoms with Gasteiger partial charge >= 0.3 is 0 Å². The number of anilines is 1. The second-order valence-electron chi connectivity index (χ2n) is 17.3. The third-order valence-electron chi connectivity index (χ3n) is 10.7. The van der Waals surface area contributed by atoms with Gasteiger partial charge in [0.25, 0.3) is 0 Å². The lowest BCUT2D eigenvalue weighted by atomic mass is 9.71. The maximum absolute atomic E-state index is 3.24. The molecule has 1 nitrogen and oxygen atoms in total. The molecule has 1 atom stereocenters. The number of hydrogen-bond donors (Lipinski definition) is 0. The monoisotopic (exact) mass is 573 g/mol. The first-order valence-electron chi connectivity index (χ1n) is 15.6. The van der Waals surface area contributed by atoms with Gasteiger partial charge in [-0.25, -0.2) is 0 Å². The summed E-state index contributed by atoms with van der Waals surface area (Å²) in [6.07, 6.45) is 8.73. The first-order valence-corrected chi connectivity index (χ1v) is 31.2. The summed E-state index contributed by atoms with van der Waals surface area (Å²) in [5.41, 5.74) is 6.42. The molecule has 0 N–H and O–H groups in total. The highest BCUT2D eigenvalue weighted by Crippen LogP contribution is 2.62. The molecule has 1 heterocycles. The Balaban J connectivity index is 2.58. The zero-order valence-corrected chi connectivity index (χ0v) is 31.7. The summed E-state index contributed by atoms with van der Waals surface area (Å²) in [7, 11) is -4.47. The van der Waals surface area contributed by atoms with Crippen LogP contribution in [0.15, 0.2) is 18.2 Å². The maximum Gasteiger partial charge on any atom is 0.0638 e. The fourth-order valence-corrected chi connectivity index (χ4v) is 115. The molecule has 1 spiro atoms. The summed E-state index contributed by atoms with van der Waals surface area (Å²) >= 11 is 0. The van der Waals surface area contributed by atoms with Gasteiger partial charge < -0.3 is 4.90 Å². The van der Waals surface area contributed by atoms with E-state index in [1.807, 2.05) is 0 Å². The molecular weight excluding hydrogens is 511 g/mol. The van der Waals surface area contributed by atoms with Gasteiger partial charge in [0.1, 0.15) is 0 Å². The van der Waals surface area contributed by atoms with Crippen LogP contribution in [0, 0.1) is 5.41 Å². The van der Waals surface area contributed by atoms with Crippen LogP contribution < -0.4 is 4.90 Å². The van der Waals surface area contributed by atoms with E-state index >= 15 is 0 Å². The number of nitrogens with zero attached hydrogens (tertiary/aromatic N) is 1. The number of para-hydroxylation sites is 1. The standard InChI is InChI=1S/C32H63NSi4/c1-25(2)27-20-19-21-28(26(3)4)29(27)33-30(32(24-31(33,5)6)22-17-16-18-23-32)37(34(7,8)9,35(10,11)12)36(13,14)15/h19-21,25-26,30H,16-18,22-24H2,1-15H3. The average molecular weight is 574 g/mol. The highest BCUT2D eigenvalue weighted by molar-refractivity contribution is 7.89. The van der Waals surface area contributed by atoms with Gasteiger partial charge in [-0.3, -0.25) is 0 Å². The molecule has 1 aromatic rings. The van der Waals surface area contributed by atoms with E-state index in [0.717, 1.165) is 5.67 Å². The average Bonchev–Trinajstić information content (AvgIpc) is 2.90. The van der Waals surface area contributed by atoms with Crippen molar-refractivity contribution in [1.82, 2.24) is 0 Å². The van der Waals surface area contributed by atoms with Crippen LogP contribution >= 0.6 is 0 Å². The molecule has 1 aromatic carbocycles. The molecule has 212 valence electrons. The van der Waals surface area contributed by atoms with Crippen LogP contribution in [0.25, 0.3) is 0 Å². The molecule has 1 unspecified atom stereocenters. The zero-order valence-electron chi connectivity index (χ0n) is 27.7. The van der Waals surface area contributed by atoms with Gasteiger partial charge in [0, 0.05) is 39.7 Å². The highest BCUT2D eigenvalue weighted by Gasteiger charge is 2.73. The van der Waals surface area contributed by atoms with E-state index in [1.54, 1.807) is 16.8 Å². The van der Waals surface area contributed by atoms with E-state index in [2.05, 4.69) is 124 Å². The summed E-state index contributed by atoms with van der Waals surface area (Å²) in [5, 5.41) is 0. The molecule has 1 aliphatic carbocycles. The minimum atomic E-state index is -1.73. The van der Waals surface area contributed by atoms with Crippen LogP contribution in [0.4, 0.5) is 5.69 Å². The Kier molecular flexibility index (Phi) is 8.54. The Bertz CT molecular complexity index is 890. The van der Waals surface area contributed by atoms with Crippen molar-refractivity contribution in [3.8, 4) is 0 Å². The Morgan fingerprint density at radius 1 is 0.703 bits per heavy atom. The van der Waals surface area contributed by atoms with E-state index in [9.17, 15) is 0 Å². The third kappa shape index (κ3) is 4.99. The third-order valence-corrected chi connectivity index (χ3v) is 83.7. The van der Waals surface area contributed by atoms with Crippen molar-refractivity contribution < 1.29 is 0 Å². The number of hydrogen-bond acceptors (Lipinski definition) is 1. The molecule has 37 heavy (non-hydrogen) atoms. The minimum absolute atomic E-state index is 0.202. The molecule has 3 rings (SSSR count). The Labute approximate surface area is 236 Å². The van der Waals surface area contributed by atoms with E-state index in [1.165, 1.54) is 38.5 Å². The van der Waals surface area contributed by atoms with Crippen LogP contribution in [0.1, 0.15) is 103 Å². The molecule has 0 amide bonds. The summed E-state index contributed by atoms with van der Waals surface area (Å²) < 4.78 is 0. The number of rotatable bonds is 7. The summed E-state index contributed by atoms with van der Waals surface area (Å²) in [5.74, 6) is 1.10. The Morgan fingerprint density at radius 3 is 1.46 bits per heavy atom. The number of benzene rings is 1. The minimum Gasteiger partial charge on any atom is -0.366 e. The van der Waals surface area contributed by atoms with Gasteiger partial charge in [-0.15, -0.1) is 0 Å². The van der Waals surface area contributed by atoms with Crippen LogP contribution in [-0.4, -0.2) is 40.6 Å². The van der Waals surface area contributed by atoms with Crippen molar-refractivity contribution in [2.45, 2.75) is 162 Å². The molecule has 0 radical (unpaired) electrons. The molecule has 0 aromatic heterocycles. The molecule has 1 saturated heterocycles. The first kappa shape index (κ1) is 31.4. The quantitative estimate of drug-likeness (QED) is 0.293. The fraction of sp³-hybridized carbons (Fsp3) is 0.812. The van der Waals surface area contributed by atoms with Crippen molar-refractivity contribution >= 4 is 35.1 Å². The van der Waals surface area contributed by atoms with Crippen LogP contribution in [0.2, 0.25) is 58.9 Å². The van der Waals surface area contributed by atoms with Crippen LogP contribution in [-0.2, 0) is 0 Å². The molecular formula is C32H63NSi4. The molecule has 2 fully saturated rings. The summed E-state index contributed by atoms with van der Waals surface area (Å²) in [4.78, 5) is 3.24. The van der Waals surface area contributed by atoms with Crippen molar-refractivity contribution in [1.29, 1.82) is 0 Å². The van der Waals surface area contributed by atoms with Crippen LogP contribution in [0.3, 0.4) is 0 Å². The lowest BCUT2D eigenvalue weighted by Crippen LogP contribution is -2.91. The summed E-state index contributed by atoms with van der Waals surface area (Å²) in [6, 6.07) is 7.35. The SMILES string of the molecule is CC(C)c1cccc(C(C)C)c1N1C([Si]([Si](C)(C)C)([Si](C)(C)C)[Si](C)(C)C)C2(CCCCC2)CC1(C)C. The second-order valence-corrected chi connectivity index (χ2v) is 58.1. The van der Waals surface area contributed by atoms with Gasteiger partial charge in [0.2, 0.25) is 0 Å². The molecule has 2 aliphatic rings. The maximum atomic E-state index is 3.24. The predicted octanol–water partition coefficient (Wildman–Crippen LogP) is 10.5. The second kappa shape index (κ2) is 10.1. The molecule has 1 saturated carbocycles. The Hall–Kier alpha value is -0.112. The fourth-order valence-electron chi connectivity index (χ4n) is 10.9. The Morgan fingerprint density at radius 2 is 1.11 bits per heavy atom. The normalized spacial score (nSPS) is 22.9. The molecule has 0 bridgehead atoms. The van der Waals surface area contributed by atoms with Crippen molar-refractivity contribution in [3.05, 3.63) is 29.3 Å². The van der Waals surface area contributed by atoms with E-state index in [0.29, 0.717) is 17.3 Å². The first-order chi connectivity index (χ1) is 16.7. The van der Waals surface area contributed by atoms with Gasteiger partial charge in [0.05, 0.1) is 6.63 Å². The van der Waals surface area contributed by atoms with E-state index in [4.69, 9.17) is 0 Å². The lowest BCUT2D eigenvalue weighted by molar-refractivity contribution is 0.189. The van der Waals surface area contributed by atoms with Gasteiger partial charge in [-0.05, 0) is 61.5 Å². The lowest BCUT2D eigenvalue weighted by Gasteiger charge is -2.66. The largest absolute Gasteiger partial charge is 0.366 e. The topological polar surface area (TPSA) is 3.24 Å².